The number of nitrogen functional groups attached to an aromatic ring is 1. The van der Waals surface area contributed by atoms with Crippen LogP contribution in [0.2, 0.25) is 0 Å². The van der Waals surface area contributed by atoms with Gasteiger partial charge in [0.2, 0.25) is 0 Å². The van der Waals surface area contributed by atoms with Gasteiger partial charge < -0.3 is 10.8 Å². The molecule has 0 aromatic heterocycles. The normalized spacial score (nSPS) is 10.0. The minimum atomic E-state index is -1.28. The minimum absolute atomic E-state index is 0.259. The summed E-state index contributed by atoms with van der Waals surface area (Å²) < 4.78 is 12.9. The number of hydrogen-bond acceptors (Lipinski definition) is 3. The first-order valence-electron chi connectivity index (χ1n) is 3.42. The van der Waals surface area contributed by atoms with E-state index >= 15 is 0 Å². The second-order valence-electron chi connectivity index (χ2n) is 2.38. The van der Waals surface area contributed by atoms with Crippen molar-refractivity contribution < 1.29 is 14.3 Å². The topological polar surface area (TPSA) is 63.3 Å². The van der Waals surface area contributed by atoms with E-state index in [-0.39, 0.29) is 11.3 Å². The second kappa shape index (κ2) is 3.66. The Labute approximate surface area is 78.7 Å². The molecule has 70 valence electrons. The van der Waals surface area contributed by atoms with Crippen LogP contribution in [0.5, 0.6) is 0 Å². The number of rotatable bonds is 2. The lowest BCUT2D eigenvalue weighted by Gasteiger charge is -2.04. The number of hydrogen-bond donors (Lipinski definition) is 2. The number of thioether (sulfide) groups is 1. The van der Waals surface area contributed by atoms with Crippen molar-refractivity contribution >= 4 is 23.4 Å². The Morgan fingerprint density at radius 3 is 2.69 bits per heavy atom. The zero-order chi connectivity index (χ0) is 10.0. The van der Waals surface area contributed by atoms with Gasteiger partial charge in [-0.15, -0.1) is 11.8 Å². The molecule has 0 saturated carbocycles. The molecule has 1 aromatic carbocycles. The van der Waals surface area contributed by atoms with Crippen LogP contribution in [0.15, 0.2) is 17.0 Å². The third-order valence-electron chi connectivity index (χ3n) is 1.55. The quantitative estimate of drug-likeness (QED) is 0.566. The average Bonchev–Trinajstić information content (AvgIpc) is 2.03. The Bertz CT molecular complexity index is 354. The van der Waals surface area contributed by atoms with Crippen LogP contribution in [0.25, 0.3) is 0 Å². The number of nitrogens with two attached hydrogens (primary N) is 1. The molecule has 5 heteroatoms. The fourth-order valence-electron chi connectivity index (χ4n) is 0.909. The van der Waals surface area contributed by atoms with E-state index in [0.29, 0.717) is 4.90 Å². The summed E-state index contributed by atoms with van der Waals surface area (Å²) >= 11 is 1.28. The van der Waals surface area contributed by atoms with Crippen LogP contribution in [0.3, 0.4) is 0 Å². The maximum Gasteiger partial charge on any atom is 0.338 e. The summed E-state index contributed by atoms with van der Waals surface area (Å²) in [6, 6.07) is 2.26. The molecule has 0 bridgehead atoms. The molecular weight excluding hydrogens is 193 g/mol. The summed E-state index contributed by atoms with van der Waals surface area (Å²) in [6.45, 7) is 0. The molecule has 0 radical (unpaired) electrons. The molecule has 0 fully saturated rings. The zero-order valence-electron chi connectivity index (χ0n) is 6.87. The van der Waals surface area contributed by atoms with Crippen LogP contribution in [0, 0.1) is 5.82 Å². The number of carboxylic acid groups (broad SMARTS) is 1. The van der Waals surface area contributed by atoms with Crippen molar-refractivity contribution in [3.05, 3.63) is 23.5 Å². The molecule has 0 heterocycles. The van der Waals surface area contributed by atoms with Crippen LogP contribution in [0.1, 0.15) is 10.4 Å². The first-order valence-corrected chi connectivity index (χ1v) is 4.65. The van der Waals surface area contributed by atoms with Crippen LogP contribution in [-0.4, -0.2) is 17.3 Å². The number of anilines is 1. The van der Waals surface area contributed by atoms with Gasteiger partial charge in [0.1, 0.15) is 5.82 Å². The number of halogens is 1. The SMILES string of the molecule is CSc1cc(C(=O)O)c(F)cc1N. The van der Waals surface area contributed by atoms with E-state index in [2.05, 4.69) is 0 Å². The molecular formula is C8H8FNO2S. The molecule has 1 rings (SSSR count). The van der Waals surface area contributed by atoms with Crippen molar-refractivity contribution in [3.63, 3.8) is 0 Å². The Kier molecular flexibility index (Phi) is 2.77. The maximum absolute atomic E-state index is 12.9. The van der Waals surface area contributed by atoms with Gasteiger partial charge in [-0.1, -0.05) is 0 Å². The largest absolute Gasteiger partial charge is 0.478 e. The molecule has 0 aliphatic heterocycles. The maximum atomic E-state index is 12.9. The van der Waals surface area contributed by atoms with E-state index in [9.17, 15) is 9.18 Å². The fourth-order valence-corrected chi connectivity index (χ4v) is 1.44. The molecule has 0 aliphatic rings. The van der Waals surface area contributed by atoms with E-state index in [4.69, 9.17) is 10.8 Å². The third-order valence-corrected chi connectivity index (χ3v) is 2.34. The van der Waals surface area contributed by atoms with Gasteiger partial charge in [0, 0.05) is 10.6 Å². The Morgan fingerprint density at radius 2 is 2.23 bits per heavy atom. The Balaban J connectivity index is 3.30. The summed E-state index contributed by atoms with van der Waals surface area (Å²) in [6.07, 6.45) is 1.75. The van der Waals surface area contributed by atoms with Gasteiger partial charge in [-0.2, -0.15) is 0 Å². The second-order valence-corrected chi connectivity index (χ2v) is 3.23. The number of benzene rings is 1. The highest BCUT2D eigenvalue weighted by molar-refractivity contribution is 7.98. The smallest absolute Gasteiger partial charge is 0.338 e. The lowest BCUT2D eigenvalue weighted by molar-refractivity contribution is 0.0691. The van der Waals surface area contributed by atoms with Crippen LogP contribution in [-0.2, 0) is 0 Å². The minimum Gasteiger partial charge on any atom is -0.478 e. The molecule has 0 spiro atoms. The van der Waals surface area contributed by atoms with Crippen LogP contribution < -0.4 is 5.73 Å². The van der Waals surface area contributed by atoms with Gasteiger partial charge in [-0.3, -0.25) is 0 Å². The number of carbonyl (C=O) groups is 1. The van der Waals surface area contributed by atoms with Crippen LogP contribution in [0.4, 0.5) is 10.1 Å². The summed E-state index contributed by atoms with van der Waals surface area (Å²) in [4.78, 5) is 11.1. The molecule has 1 aromatic rings. The Hall–Kier alpha value is -1.23. The molecule has 3 nitrogen and oxygen atoms in total. The lowest BCUT2D eigenvalue weighted by Crippen LogP contribution is -2.02. The van der Waals surface area contributed by atoms with Crippen molar-refractivity contribution in [2.75, 3.05) is 12.0 Å². The average molecular weight is 201 g/mol. The van der Waals surface area contributed by atoms with E-state index in [1.165, 1.54) is 17.8 Å². The molecule has 0 unspecified atom stereocenters. The van der Waals surface area contributed by atoms with E-state index in [1.54, 1.807) is 6.26 Å². The van der Waals surface area contributed by atoms with Crippen molar-refractivity contribution in [1.29, 1.82) is 0 Å². The predicted octanol–water partition coefficient (Wildman–Crippen LogP) is 1.83. The van der Waals surface area contributed by atoms with Gasteiger partial charge >= 0.3 is 5.97 Å². The molecule has 0 saturated heterocycles. The highest BCUT2D eigenvalue weighted by atomic mass is 32.2. The van der Waals surface area contributed by atoms with Gasteiger partial charge in [-0.25, -0.2) is 9.18 Å². The van der Waals surface area contributed by atoms with Crippen molar-refractivity contribution in [3.8, 4) is 0 Å². The van der Waals surface area contributed by atoms with Gasteiger partial charge in [-0.05, 0) is 18.4 Å². The molecule has 13 heavy (non-hydrogen) atoms. The zero-order valence-corrected chi connectivity index (χ0v) is 7.69. The fraction of sp³-hybridized carbons (Fsp3) is 0.125. The summed E-state index contributed by atoms with van der Waals surface area (Å²) in [7, 11) is 0. The van der Waals surface area contributed by atoms with E-state index in [1.807, 2.05) is 0 Å². The molecule has 0 aliphatic carbocycles. The van der Waals surface area contributed by atoms with E-state index in [0.717, 1.165) is 6.07 Å². The lowest BCUT2D eigenvalue weighted by atomic mass is 10.2. The van der Waals surface area contributed by atoms with Crippen molar-refractivity contribution in [2.24, 2.45) is 0 Å². The van der Waals surface area contributed by atoms with Gasteiger partial charge in [0.05, 0.1) is 5.56 Å². The van der Waals surface area contributed by atoms with Crippen molar-refractivity contribution in [1.82, 2.24) is 0 Å². The van der Waals surface area contributed by atoms with E-state index < -0.39 is 11.8 Å². The highest BCUT2D eigenvalue weighted by Crippen LogP contribution is 2.25. The monoisotopic (exact) mass is 201 g/mol. The van der Waals surface area contributed by atoms with Crippen LogP contribution >= 0.6 is 11.8 Å². The van der Waals surface area contributed by atoms with Gasteiger partial charge in [0.25, 0.3) is 0 Å². The Morgan fingerprint density at radius 1 is 1.62 bits per heavy atom. The predicted molar refractivity (Wildman–Crippen MR) is 49.6 cm³/mol. The number of carboxylic acids is 1. The third kappa shape index (κ3) is 1.92. The van der Waals surface area contributed by atoms with Crippen molar-refractivity contribution in [2.45, 2.75) is 4.90 Å². The summed E-state index contributed by atoms with van der Waals surface area (Å²) in [5.74, 6) is -2.09. The first kappa shape index (κ1) is 9.85. The highest BCUT2D eigenvalue weighted by Gasteiger charge is 2.12. The summed E-state index contributed by atoms with van der Waals surface area (Å²) in [5, 5.41) is 8.59. The number of aromatic carboxylic acids is 1. The first-order chi connectivity index (χ1) is 6.06. The molecule has 3 N–H and O–H groups in total. The standard InChI is InChI=1S/C8H8FNO2S/c1-13-7-2-4(8(11)12)5(9)3-6(7)10/h2-3H,10H2,1H3,(H,11,12). The summed E-state index contributed by atoms with van der Waals surface area (Å²) in [5.41, 5.74) is 5.36. The molecule has 0 atom stereocenters. The molecule has 0 amide bonds. The van der Waals surface area contributed by atoms with Gasteiger partial charge in [0.15, 0.2) is 0 Å².